The Morgan fingerprint density at radius 2 is 2.06 bits per heavy atom. The van der Waals surface area contributed by atoms with Crippen LogP contribution in [0.3, 0.4) is 0 Å². The highest BCUT2D eigenvalue weighted by Crippen LogP contribution is 2.30. The van der Waals surface area contributed by atoms with Gasteiger partial charge in [-0.15, -0.1) is 0 Å². The van der Waals surface area contributed by atoms with Crippen molar-refractivity contribution in [3.63, 3.8) is 0 Å². The van der Waals surface area contributed by atoms with E-state index in [-0.39, 0.29) is 17.1 Å². The molecule has 1 aliphatic heterocycles. The normalized spacial score (nSPS) is 21.7. The molecule has 2 amide bonds. The predicted octanol–water partition coefficient (Wildman–Crippen LogP) is -0.0668. The molecule has 0 bridgehead atoms. The second-order valence-corrected chi connectivity index (χ2v) is 6.76. The summed E-state index contributed by atoms with van der Waals surface area (Å²) in [7, 11) is 0. The van der Waals surface area contributed by atoms with Crippen LogP contribution in [-0.4, -0.2) is 46.3 Å². The first-order valence-electron chi connectivity index (χ1n) is 5.78. The molecule has 1 atom stereocenters. The van der Waals surface area contributed by atoms with E-state index in [0.29, 0.717) is 13.1 Å². The van der Waals surface area contributed by atoms with Gasteiger partial charge in [-0.25, -0.2) is 0 Å². The van der Waals surface area contributed by atoms with Gasteiger partial charge in [0.25, 0.3) is 0 Å². The molecule has 0 saturated carbocycles. The zero-order valence-electron chi connectivity index (χ0n) is 10.4. The first kappa shape index (κ1) is 14.3. The van der Waals surface area contributed by atoms with Gasteiger partial charge in [-0.1, -0.05) is 13.8 Å². The number of nitrogens with two attached hydrogens (primary N) is 2. The maximum atomic E-state index is 12.0. The standard InChI is InChI=1S/C11H21N3O2S/c1-11(2)3-4-14(5-6-17-11)10(16)8(12)7-9(13)15/h8H,3-7,12H2,1-2H3,(H2,13,15). The van der Waals surface area contributed by atoms with Crippen LogP contribution in [0.2, 0.25) is 0 Å². The predicted molar refractivity (Wildman–Crippen MR) is 69.5 cm³/mol. The van der Waals surface area contributed by atoms with Crippen LogP contribution < -0.4 is 11.5 Å². The summed E-state index contributed by atoms with van der Waals surface area (Å²) in [5.41, 5.74) is 10.7. The van der Waals surface area contributed by atoms with Crippen molar-refractivity contribution in [2.75, 3.05) is 18.8 Å². The van der Waals surface area contributed by atoms with Crippen molar-refractivity contribution in [3.8, 4) is 0 Å². The van der Waals surface area contributed by atoms with Gasteiger partial charge in [0, 0.05) is 23.6 Å². The van der Waals surface area contributed by atoms with E-state index in [9.17, 15) is 9.59 Å². The van der Waals surface area contributed by atoms with Crippen LogP contribution in [0, 0.1) is 0 Å². The smallest absolute Gasteiger partial charge is 0.240 e. The molecule has 1 heterocycles. The third kappa shape index (κ3) is 4.55. The van der Waals surface area contributed by atoms with Gasteiger partial charge in [0.2, 0.25) is 11.8 Å². The van der Waals surface area contributed by atoms with Gasteiger partial charge in [0.15, 0.2) is 0 Å². The first-order chi connectivity index (χ1) is 7.82. The molecule has 0 spiro atoms. The van der Waals surface area contributed by atoms with Crippen molar-refractivity contribution < 1.29 is 9.59 Å². The van der Waals surface area contributed by atoms with Gasteiger partial charge in [-0.2, -0.15) is 11.8 Å². The number of thioether (sulfide) groups is 1. The molecule has 0 aliphatic carbocycles. The van der Waals surface area contributed by atoms with Gasteiger partial charge in [-0.3, -0.25) is 9.59 Å². The highest BCUT2D eigenvalue weighted by atomic mass is 32.2. The Labute approximate surface area is 106 Å². The van der Waals surface area contributed by atoms with E-state index >= 15 is 0 Å². The minimum atomic E-state index is -0.793. The van der Waals surface area contributed by atoms with Crippen LogP contribution in [-0.2, 0) is 9.59 Å². The monoisotopic (exact) mass is 259 g/mol. The van der Waals surface area contributed by atoms with E-state index in [1.165, 1.54) is 0 Å². The SMILES string of the molecule is CC1(C)CCN(C(=O)C(N)CC(N)=O)CCS1. The molecule has 5 nitrogen and oxygen atoms in total. The first-order valence-corrected chi connectivity index (χ1v) is 6.77. The highest BCUT2D eigenvalue weighted by molar-refractivity contribution is 8.00. The molecule has 0 radical (unpaired) electrons. The van der Waals surface area contributed by atoms with Crippen LogP contribution >= 0.6 is 11.8 Å². The van der Waals surface area contributed by atoms with Crippen LogP contribution in [0.1, 0.15) is 26.7 Å². The Morgan fingerprint density at radius 1 is 1.41 bits per heavy atom. The van der Waals surface area contributed by atoms with Gasteiger partial charge < -0.3 is 16.4 Å². The van der Waals surface area contributed by atoms with E-state index in [1.807, 2.05) is 11.8 Å². The number of hydrogen-bond donors (Lipinski definition) is 2. The number of carbonyl (C=O) groups excluding carboxylic acids is 2. The molecular formula is C11H21N3O2S. The third-order valence-corrected chi connectivity index (χ3v) is 4.26. The fraction of sp³-hybridized carbons (Fsp3) is 0.818. The molecule has 6 heteroatoms. The Hall–Kier alpha value is -0.750. The van der Waals surface area contributed by atoms with E-state index in [0.717, 1.165) is 12.2 Å². The number of amides is 2. The lowest BCUT2D eigenvalue weighted by molar-refractivity contribution is -0.134. The lowest BCUT2D eigenvalue weighted by atomic mass is 10.1. The summed E-state index contributed by atoms with van der Waals surface area (Å²) in [6.45, 7) is 5.74. The Balaban J connectivity index is 2.55. The molecular weight excluding hydrogens is 238 g/mol. The highest BCUT2D eigenvalue weighted by Gasteiger charge is 2.28. The minimum Gasteiger partial charge on any atom is -0.370 e. The average molecular weight is 259 g/mol. The summed E-state index contributed by atoms with van der Waals surface area (Å²) in [5, 5.41) is 0. The van der Waals surface area contributed by atoms with Crippen LogP contribution in [0.15, 0.2) is 0 Å². The van der Waals surface area contributed by atoms with Crippen molar-refractivity contribution in [2.45, 2.75) is 37.5 Å². The molecule has 4 N–H and O–H groups in total. The molecule has 1 fully saturated rings. The van der Waals surface area contributed by atoms with Crippen molar-refractivity contribution in [2.24, 2.45) is 11.5 Å². The van der Waals surface area contributed by atoms with Gasteiger partial charge >= 0.3 is 0 Å². The van der Waals surface area contributed by atoms with Crippen LogP contribution in [0.25, 0.3) is 0 Å². The van der Waals surface area contributed by atoms with Gasteiger partial charge in [-0.05, 0) is 6.42 Å². The molecule has 1 unspecified atom stereocenters. The van der Waals surface area contributed by atoms with Crippen molar-refractivity contribution in [1.82, 2.24) is 4.90 Å². The maximum Gasteiger partial charge on any atom is 0.240 e. The topological polar surface area (TPSA) is 89.4 Å². The number of carbonyl (C=O) groups is 2. The molecule has 98 valence electrons. The minimum absolute atomic E-state index is 0.0775. The van der Waals surface area contributed by atoms with Gasteiger partial charge in [0.05, 0.1) is 12.5 Å². The fourth-order valence-electron chi connectivity index (χ4n) is 1.78. The molecule has 0 aromatic rings. The Morgan fingerprint density at radius 3 is 2.65 bits per heavy atom. The quantitative estimate of drug-likeness (QED) is 0.742. The fourth-order valence-corrected chi connectivity index (χ4v) is 2.88. The second kappa shape index (κ2) is 5.73. The maximum absolute atomic E-state index is 12.0. The third-order valence-electron chi connectivity index (χ3n) is 2.89. The van der Waals surface area contributed by atoms with E-state index in [1.54, 1.807) is 4.90 Å². The number of primary amides is 1. The van der Waals surface area contributed by atoms with E-state index in [2.05, 4.69) is 13.8 Å². The number of hydrogen-bond acceptors (Lipinski definition) is 4. The molecule has 17 heavy (non-hydrogen) atoms. The van der Waals surface area contributed by atoms with Crippen LogP contribution in [0.5, 0.6) is 0 Å². The van der Waals surface area contributed by atoms with Crippen LogP contribution in [0.4, 0.5) is 0 Å². The summed E-state index contributed by atoms with van der Waals surface area (Å²) in [4.78, 5) is 24.5. The summed E-state index contributed by atoms with van der Waals surface area (Å²) in [6, 6.07) is -0.793. The zero-order valence-corrected chi connectivity index (χ0v) is 11.3. The summed E-state index contributed by atoms with van der Waals surface area (Å²) in [5.74, 6) is 0.208. The van der Waals surface area contributed by atoms with Crippen molar-refractivity contribution >= 4 is 23.6 Å². The molecule has 1 aliphatic rings. The summed E-state index contributed by atoms with van der Waals surface area (Å²) < 4.78 is 0.197. The zero-order chi connectivity index (χ0) is 13.1. The lowest BCUT2D eigenvalue weighted by Crippen LogP contribution is -2.46. The number of nitrogens with zero attached hydrogens (tertiary/aromatic N) is 1. The van der Waals surface area contributed by atoms with Crippen molar-refractivity contribution in [3.05, 3.63) is 0 Å². The summed E-state index contributed by atoms with van der Waals surface area (Å²) >= 11 is 1.86. The Kier molecular flexibility index (Phi) is 4.82. The lowest BCUT2D eigenvalue weighted by Gasteiger charge is -2.24. The molecule has 1 saturated heterocycles. The van der Waals surface area contributed by atoms with E-state index < -0.39 is 11.9 Å². The second-order valence-electron chi connectivity index (χ2n) is 4.96. The van der Waals surface area contributed by atoms with Crippen molar-refractivity contribution in [1.29, 1.82) is 0 Å². The largest absolute Gasteiger partial charge is 0.370 e. The number of rotatable bonds is 3. The summed E-state index contributed by atoms with van der Waals surface area (Å²) in [6.07, 6.45) is 0.860. The molecule has 0 aromatic heterocycles. The van der Waals surface area contributed by atoms with E-state index in [4.69, 9.17) is 11.5 Å². The Bertz CT molecular complexity index is 307. The molecule has 1 rings (SSSR count). The van der Waals surface area contributed by atoms with Gasteiger partial charge in [0.1, 0.15) is 0 Å². The molecule has 0 aromatic carbocycles. The average Bonchev–Trinajstić information content (AvgIpc) is 2.37.